The number of aliphatic hydroxyl groups excluding tert-OH is 1. The van der Waals surface area contributed by atoms with E-state index in [4.69, 9.17) is 14.6 Å². The molecular formula is C21H29BrN2O3. The molecule has 148 valence electrons. The van der Waals surface area contributed by atoms with Gasteiger partial charge in [-0.25, -0.2) is 0 Å². The van der Waals surface area contributed by atoms with Crippen LogP contribution in [0.4, 0.5) is 0 Å². The first-order valence-corrected chi connectivity index (χ1v) is 10.0. The van der Waals surface area contributed by atoms with Crippen LogP contribution < -0.4 is 20.1 Å². The number of halogens is 1. The Hall–Kier alpha value is -1.60. The molecule has 27 heavy (non-hydrogen) atoms. The van der Waals surface area contributed by atoms with Gasteiger partial charge in [-0.2, -0.15) is 0 Å². The minimum atomic E-state index is 0.179. The molecule has 0 amide bonds. The van der Waals surface area contributed by atoms with Gasteiger partial charge in [-0.15, -0.1) is 0 Å². The fourth-order valence-electron chi connectivity index (χ4n) is 2.68. The molecule has 0 aliphatic carbocycles. The maximum absolute atomic E-state index is 8.73. The number of aryl methyl sites for hydroxylation is 1. The molecule has 0 unspecified atom stereocenters. The van der Waals surface area contributed by atoms with Crippen LogP contribution in [0.2, 0.25) is 0 Å². The van der Waals surface area contributed by atoms with E-state index in [-0.39, 0.29) is 6.61 Å². The van der Waals surface area contributed by atoms with Gasteiger partial charge in [0.25, 0.3) is 0 Å². The second-order valence-electron chi connectivity index (χ2n) is 6.31. The highest BCUT2D eigenvalue weighted by atomic mass is 79.9. The van der Waals surface area contributed by atoms with Crippen molar-refractivity contribution in [3.8, 4) is 11.5 Å². The summed E-state index contributed by atoms with van der Waals surface area (Å²) in [4.78, 5) is 0. The van der Waals surface area contributed by atoms with Crippen molar-refractivity contribution in [3.63, 3.8) is 0 Å². The van der Waals surface area contributed by atoms with Crippen molar-refractivity contribution in [2.24, 2.45) is 0 Å². The van der Waals surface area contributed by atoms with Crippen LogP contribution in [0, 0.1) is 6.92 Å². The first-order valence-electron chi connectivity index (χ1n) is 9.21. The van der Waals surface area contributed by atoms with Gasteiger partial charge in [-0.3, -0.25) is 0 Å². The highest BCUT2D eigenvalue weighted by Crippen LogP contribution is 2.34. The van der Waals surface area contributed by atoms with Crippen LogP contribution in [0.15, 0.2) is 40.9 Å². The zero-order valence-electron chi connectivity index (χ0n) is 16.1. The number of hydrogen-bond acceptors (Lipinski definition) is 5. The topological polar surface area (TPSA) is 62.8 Å². The van der Waals surface area contributed by atoms with E-state index in [1.165, 1.54) is 5.56 Å². The van der Waals surface area contributed by atoms with Gasteiger partial charge in [0.05, 0.1) is 13.7 Å². The van der Waals surface area contributed by atoms with Gasteiger partial charge in [0.1, 0.15) is 6.61 Å². The number of hydrogen-bond donors (Lipinski definition) is 3. The molecule has 6 heteroatoms. The molecule has 0 aliphatic rings. The van der Waals surface area contributed by atoms with Crippen molar-refractivity contribution >= 4 is 15.9 Å². The Morgan fingerprint density at radius 1 is 1.00 bits per heavy atom. The summed E-state index contributed by atoms with van der Waals surface area (Å²) in [5.74, 6) is 1.46. The first kappa shape index (κ1) is 21.7. The van der Waals surface area contributed by atoms with Gasteiger partial charge >= 0.3 is 0 Å². The summed E-state index contributed by atoms with van der Waals surface area (Å²) in [5.41, 5.74) is 3.50. The zero-order chi connectivity index (χ0) is 19.5. The van der Waals surface area contributed by atoms with Crippen LogP contribution >= 0.6 is 15.9 Å². The van der Waals surface area contributed by atoms with E-state index < -0.39 is 0 Å². The second-order valence-corrected chi connectivity index (χ2v) is 7.17. The molecule has 0 saturated carbocycles. The molecular weight excluding hydrogens is 408 g/mol. The Morgan fingerprint density at radius 2 is 1.78 bits per heavy atom. The molecule has 0 aliphatic heterocycles. The predicted octanol–water partition coefficient (Wildman–Crippen LogP) is 3.41. The van der Waals surface area contributed by atoms with Gasteiger partial charge in [0.15, 0.2) is 11.5 Å². The number of benzene rings is 2. The lowest BCUT2D eigenvalue weighted by Crippen LogP contribution is -2.24. The smallest absolute Gasteiger partial charge is 0.162 e. The Balaban J connectivity index is 1.91. The SMILES string of the molecule is COc1cc(CNCCCNCCO)c(Br)cc1OCc1ccccc1C. The number of rotatable bonds is 12. The maximum Gasteiger partial charge on any atom is 0.162 e. The Kier molecular flexibility index (Phi) is 9.62. The molecule has 5 nitrogen and oxygen atoms in total. The summed E-state index contributed by atoms with van der Waals surface area (Å²) in [7, 11) is 1.66. The quantitative estimate of drug-likeness (QED) is 0.445. The molecule has 0 radical (unpaired) electrons. The third-order valence-corrected chi connectivity index (χ3v) is 5.03. The van der Waals surface area contributed by atoms with Crippen molar-refractivity contribution in [3.05, 3.63) is 57.6 Å². The van der Waals surface area contributed by atoms with Gasteiger partial charge in [0.2, 0.25) is 0 Å². The highest BCUT2D eigenvalue weighted by molar-refractivity contribution is 9.10. The summed E-state index contributed by atoms with van der Waals surface area (Å²) in [5, 5.41) is 15.3. The van der Waals surface area contributed by atoms with Gasteiger partial charge in [0, 0.05) is 17.6 Å². The third-order valence-electron chi connectivity index (χ3n) is 4.29. The van der Waals surface area contributed by atoms with Crippen molar-refractivity contribution in [1.29, 1.82) is 0 Å². The average Bonchev–Trinajstić information content (AvgIpc) is 2.67. The molecule has 0 fully saturated rings. The van der Waals surface area contributed by atoms with E-state index in [1.807, 2.05) is 24.3 Å². The fraction of sp³-hybridized carbons (Fsp3) is 0.429. The summed E-state index contributed by atoms with van der Waals surface area (Å²) >= 11 is 3.64. The summed E-state index contributed by atoms with van der Waals surface area (Å²) in [6.07, 6.45) is 1.01. The fourth-order valence-corrected chi connectivity index (χ4v) is 3.14. The lowest BCUT2D eigenvalue weighted by atomic mass is 10.1. The number of aliphatic hydroxyl groups is 1. The Bertz CT molecular complexity index is 710. The molecule has 2 aromatic carbocycles. The molecule has 3 N–H and O–H groups in total. The third kappa shape index (κ3) is 7.14. The van der Waals surface area contributed by atoms with Gasteiger partial charge < -0.3 is 25.2 Å². The molecule has 0 spiro atoms. The van der Waals surface area contributed by atoms with E-state index in [0.717, 1.165) is 53.2 Å². The molecule has 2 rings (SSSR count). The van der Waals surface area contributed by atoms with E-state index in [2.05, 4.69) is 45.6 Å². The second kappa shape index (κ2) is 12.0. The van der Waals surface area contributed by atoms with E-state index in [9.17, 15) is 0 Å². The molecule has 2 aromatic rings. The van der Waals surface area contributed by atoms with Crippen LogP contribution in [0.3, 0.4) is 0 Å². The van der Waals surface area contributed by atoms with Gasteiger partial charge in [-0.05, 0) is 55.3 Å². The average molecular weight is 437 g/mol. The number of ether oxygens (including phenoxy) is 2. The Morgan fingerprint density at radius 3 is 2.52 bits per heavy atom. The Labute approximate surface area is 170 Å². The molecule has 0 atom stereocenters. The minimum Gasteiger partial charge on any atom is -0.493 e. The monoisotopic (exact) mass is 436 g/mol. The zero-order valence-corrected chi connectivity index (χ0v) is 17.6. The van der Waals surface area contributed by atoms with Crippen LogP contribution in [0.5, 0.6) is 11.5 Å². The van der Waals surface area contributed by atoms with Crippen LogP contribution in [-0.2, 0) is 13.2 Å². The minimum absolute atomic E-state index is 0.179. The summed E-state index contributed by atoms with van der Waals surface area (Å²) in [6, 6.07) is 12.2. The normalized spacial score (nSPS) is 10.8. The van der Waals surface area contributed by atoms with Crippen molar-refractivity contribution in [2.75, 3.05) is 33.4 Å². The van der Waals surface area contributed by atoms with Crippen molar-refractivity contribution in [2.45, 2.75) is 26.5 Å². The molecule has 0 aromatic heterocycles. The number of methoxy groups -OCH3 is 1. The van der Waals surface area contributed by atoms with E-state index >= 15 is 0 Å². The standard InChI is InChI=1S/C21H29BrN2O3/c1-16-6-3-4-7-17(16)15-27-21-13-19(22)18(12-20(21)26-2)14-24-9-5-8-23-10-11-25/h3-4,6-7,12-13,23-25H,5,8-11,14-15H2,1-2H3. The maximum atomic E-state index is 8.73. The molecule has 0 heterocycles. The summed E-state index contributed by atoms with van der Waals surface area (Å²) in [6.45, 7) is 5.95. The van der Waals surface area contributed by atoms with E-state index in [0.29, 0.717) is 13.2 Å². The van der Waals surface area contributed by atoms with Gasteiger partial charge in [-0.1, -0.05) is 40.2 Å². The van der Waals surface area contributed by atoms with Crippen molar-refractivity contribution < 1.29 is 14.6 Å². The molecule has 0 saturated heterocycles. The van der Waals surface area contributed by atoms with Crippen LogP contribution in [0.1, 0.15) is 23.1 Å². The largest absolute Gasteiger partial charge is 0.493 e. The van der Waals surface area contributed by atoms with Crippen molar-refractivity contribution in [1.82, 2.24) is 10.6 Å². The number of nitrogens with one attached hydrogen (secondary N) is 2. The van der Waals surface area contributed by atoms with Crippen LogP contribution in [-0.4, -0.2) is 38.5 Å². The molecule has 0 bridgehead atoms. The van der Waals surface area contributed by atoms with Crippen LogP contribution in [0.25, 0.3) is 0 Å². The highest BCUT2D eigenvalue weighted by Gasteiger charge is 2.11. The van der Waals surface area contributed by atoms with E-state index in [1.54, 1.807) is 7.11 Å². The lowest BCUT2D eigenvalue weighted by Gasteiger charge is -2.15. The lowest BCUT2D eigenvalue weighted by molar-refractivity contribution is 0.283. The predicted molar refractivity (Wildman–Crippen MR) is 112 cm³/mol. The first-order chi connectivity index (χ1) is 13.2. The summed E-state index contributed by atoms with van der Waals surface area (Å²) < 4.78 is 12.5.